The molecular formula is CuN2O4-2. The van der Waals surface area contributed by atoms with Crippen LogP contribution in [-0.2, 0) is 17.1 Å². The predicted octanol–water partition coefficient (Wildman–Crippen LogP) is 0.499. The van der Waals surface area contributed by atoms with Crippen molar-refractivity contribution < 1.29 is 17.1 Å². The van der Waals surface area contributed by atoms with Crippen LogP contribution in [-0.4, -0.2) is 0 Å². The third kappa shape index (κ3) is 127. The predicted molar refractivity (Wildman–Crippen MR) is 18.3 cm³/mol. The summed E-state index contributed by atoms with van der Waals surface area (Å²) >= 11 is 0. The topological polar surface area (TPSA) is 105 Å². The van der Waals surface area contributed by atoms with Gasteiger partial charge in [0.25, 0.3) is 0 Å². The van der Waals surface area contributed by atoms with Crippen LogP contribution in [0, 0.1) is 20.2 Å². The molecule has 0 amide bonds. The van der Waals surface area contributed by atoms with Gasteiger partial charge in [-0.25, -0.2) is 0 Å². The molecule has 0 aromatic heterocycles. The molecule has 0 N–H and O–H groups in total. The van der Waals surface area contributed by atoms with Crippen LogP contribution in [0.3, 0.4) is 0 Å². The van der Waals surface area contributed by atoms with Crippen LogP contribution in [0.4, 0.5) is 0 Å². The van der Waals surface area contributed by atoms with E-state index in [2.05, 4.69) is 0 Å². The molecule has 47 valence electrons. The molecule has 6 nitrogen and oxygen atoms in total. The zero-order valence-electron chi connectivity index (χ0n) is 2.83. The van der Waals surface area contributed by atoms with E-state index in [1.54, 1.807) is 0 Å². The summed E-state index contributed by atoms with van der Waals surface area (Å²) < 4.78 is 0. The van der Waals surface area contributed by atoms with Crippen molar-refractivity contribution in [2.45, 2.75) is 0 Å². The Hall–Kier alpha value is -0.681. The summed E-state index contributed by atoms with van der Waals surface area (Å²) in [6.45, 7) is 0. The fraction of sp³-hybridized carbons (Fsp3) is 0. The summed E-state index contributed by atoms with van der Waals surface area (Å²) in [4.78, 5) is 16.0. The summed E-state index contributed by atoms with van der Waals surface area (Å²) in [5, 5.41) is 18.0. The van der Waals surface area contributed by atoms with Crippen LogP contribution < -0.4 is 0 Å². The van der Waals surface area contributed by atoms with Crippen molar-refractivity contribution in [3.8, 4) is 0 Å². The van der Waals surface area contributed by atoms with Gasteiger partial charge in [0.1, 0.15) is 0 Å². The SMILES string of the molecule is O=N[O-].O=N[O-].[Cu]. The minimum atomic E-state index is 0. The first-order valence-corrected chi connectivity index (χ1v) is 0.730. The Balaban J connectivity index is -0.0000000400. The maximum atomic E-state index is 8.00. The maximum absolute atomic E-state index is 8.00. The molecule has 0 bridgehead atoms. The van der Waals surface area contributed by atoms with Crippen molar-refractivity contribution in [2.75, 3.05) is 0 Å². The van der Waals surface area contributed by atoms with Gasteiger partial charge in [0, 0.05) is 17.1 Å². The molecule has 0 heterocycles. The van der Waals surface area contributed by atoms with E-state index in [0.717, 1.165) is 10.7 Å². The van der Waals surface area contributed by atoms with Crippen LogP contribution in [0.25, 0.3) is 0 Å². The zero-order valence-corrected chi connectivity index (χ0v) is 3.77. The molecular weight excluding hydrogens is 156 g/mol. The normalized spacial score (nSPS) is 3.43. The summed E-state index contributed by atoms with van der Waals surface area (Å²) in [6, 6.07) is 0. The molecule has 0 atom stereocenters. The van der Waals surface area contributed by atoms with Crippen molar-refractivity contribution in [1.82, 2.24) is 0 Å². The minimum Gasteiger partial charge on any atom is -0.444 e. The minimum absolute atomic E-state index is 0. The fourth-order valence-electron chi connectivity index (χ4n) is 0. The summed E-state index contributed by atoms with van der Waals surface area (Å²) in [5.41, 5.74) is 0. The molecule has 0 aliphatic rings. The zero-order chi connectivity index (χ0) is 5.41. The molecule has 1 radical (unpaired) electrons. The Morgan fingerprint density at radius 3 is 1.00 bits per heavy atom. The number of hydrogen-bond donors (Lipinski definition) is 0. The van der Waals surface area contributed by atoms with Crippen molar-refractivity contribution >= 4 is 0 Å². The van der Waals surface area contributed by atoms with Gasteiger partial charge in [-0.15, -0.1) is 10.7 Å². The van der Waals surface area contributed by atoms with E-state index in [1.165, 1.54) is 0 Å². The quantitative estimate of drug-likeness (QED) is 0.288. The van der Waals surface area contributed by atoms with E-state index in [4.69, 9.17) is 20.2 Å². The molecule has 0 unspecified atom stereocenters. The Labute approximate surface area is 48.9 Å². The first kappa shape index (κ1) is 16.2. The summed E-state index contributed by atoms with van der Waals surface area (Å²) in [7, 11) is 0. The van der Waals surface area contributed by atoms with Crippen molar-refractivity contribution in [2.24, 2.45) is 10.7 Å². The number of rotatable bonds is 0. The molecule has 0 saturated carbocycles. The van der Waals surface area contributed by atoms with E-state index in [-0.39, 0.29) is 17.1 Å². The molecule has 7 heavy (non-hydrogen) atoms. The second-order valence-electron chi connectivity index (χ2n) is 0.149. The maximum Gasteiger partial charge on any atom is 0 e. The van der Waals surface area contributed by atoms with Crippen molar-refractivity contribution in [3.05, 3.63) is 20.2 Å². The second kappa shape index (κ2) is 57.0. The second-order valence-corrected chi connectivity index (χ2v) is 0.149. The first-order valence-electron chi connectivity index (χ1n) is 0.730. The van der Waals surface area contributed by atoms with Gasteiger partial charge in [0.15, 0.2) is 0 Å². The van der Waals surface area contributed by atoms with Crippen LogP contribution in [0.5, 0.6) is 0 Å². The molecule has 0 fully saturated rings. The van der Waals surface area contributed by atoms with E-state index in [0.29, 0.717) is 0 Å². The summed E-state index contributed by atoms with van der Waals surface area (Å²) in [5.74, 6) is 0. The third-order valence-electron chi connectivity index (χ3n) is 0. The van der Waals surface area contributed by atoms with Gasteiger partial charge in [-0.3, -0.25) is 0 Å². The average molecular weight is 156 g/mol. The van der Waals surface area contributed by atoms with Gasteiger partial charge in [0.05, 0.1) is 0 Å². The number of nitrogens with zero attached hydrogens (tertiary/aromatic N) is 2. The van der Waals surface area contributed by atoms with Crippen LogP contribution >= 0.6 is 0 Å². The van der Waals surface area contributed by atoms with Gasteiger partial charge in [0.2, 0.25) is 0 Å². The van der Waals surface area contributed by atoms with E-state index in [1.807, 2.05) is 0 Å². The third-order valence-corrected chi connectivity index (χ3v) is 0. The molecule has 0 spiro atoms. The number of hydrogen-bond acceptors (Lipinski definition) is 6. The van der Waals surface area contributed by atoms with Crippen LogP contribution in [0.15, 0.2) is 10.7 Å². The Morgan fingerprint density at radius 1 is 1.00 bits per heavy atom. The van der Waals surface area contributed by atoms with Gasteiger partial charge in [-0.2, -0.15) is 0 Å². The smallest absolute Gasteiger partial charge is 0 e. The van der Waals surface area contributed by atoms with Crippen molar-refractivity contribution in [1.29, 1.82) is 0 Å². The van der Waals surface area contributed by atoms with Crippen LogP contribution in [0.1, 0.15) is 0 Å². The summed E-state index contributed by atoms with van der Waals surface area (Å²) in [6.07, 6.45) is 0. The Kier molecular flexibility index (Phi) is 132. The van der Waals surface area contributed by atoms with E-state index >= 15 is 0 Å². The molecule has 0 aromatic rings. The largest absolute Gasteiger partial charge is 0.444 e. The van der Waals surface area contributed by atoms with E-state index in [9.17, 15) is 0 Å². The molecule has 0 aliphatic heterocycles. The Morgan fingerprint density at radius 2 is 1.00 bits per heavy atom. The van der Waals surface area contributed by atoms with Crippen LogP contribution in [0.2, 0.25) is 0 Å². The molecule has 0 aromatic carbocycles. The van der Waals surface area contributed by atoms with Gasteiger partial charge in [-0.1, -0.05) is 0 Å². The molecule has 0 rings (SSSR count). The van der Waals surface area contributed by atoms with Crippen molar-refractivity contribution in [3.63, 3.8) is 0 Å². The molecule has 7 heteroatoms. The van der Waals surface area contributed by atoms with E-state index < -0.39 is 0 Å². The standard InChI is InChI=1S/Cu.2HNO2/c;2*2-1-3/h;2*(H,2,3)/p-2. The first-order chi connectivity index (χ1) is 2.83. The van der Waals surface area contributed by atoms with Gasteiger partial charge < -0.3 is 20.2 Å². The fourth-order valence-corrected chi connectivity index (χ4v) is 0. The molecule has 0 saturated heterocycles. The monoisotopic (exact) mass is 155 g/mol. The Bertz CT molecular complexity index is 30.7. The van der Waals surface area contributed by atoms with Gasteiger partial charge >= 0.3 is 0 Å². The average Bonchev–Trinajstić information content (AvgIpc) is 1.39. The molecule has 0 aliphatic carbocycles. The van der Waals surface area contributed by atoms with Gasteiger partial charge in [-0.05, 0) is 0 Å².